The SMILES string of the molecule is COCCN(C(=O)CC(C)C1CCNCC1)c1ccc(OC)c(OC)c1.Cl. The van der Waals surface area contributed by atoms with E-state index in [1.54, 1.807) is 26.2 Å². The molecule has 6 nitrogen and oxygen atoms in total. The van der Waals surface area contributed by atoms with Gasteiger partial charge in [-0.3, -0.25) is 4.79 Å². The summed E-state index contributed by atoms with van der Waals surface area (Å²) in [6, 6.07) is 5.57. The van der Waals surface area contributed by atoms with Crippen LogP contribution in [0.5, 0.6) is 11.5 Å². The fourth-order valence-electron chi connectivity index (χ4n) is 3.54. The molecule has 154 valence electrons. The summed E-state index contributed by atoms with van der Waals surface area (Å²) in [5.74, 6) is 2.37. The van der Waals surface area contributed by atoms with E-state index in [2.05, 4.69) is 12.2 Å². The van der Waals surface area contributed by atoms with Crippen molar-refractivity contribution in [1.29, 1.82) is 0 Å². The standard InChI is InChI=1S/C20H32N2O4.ClH/c1-15(16-7-9-21-10-8-16)13-20(23)22(11-12-24-2)17-5-6-18(25-3)19(14-17)26-4;/h5-6,14-16,21H,7-13H2,1-4H3;1H. The summed E-state index contributed by atoms with van der Waals surface area (Å²) in [6.07, 6.45) is 2.83. The van der Waals surface area contributed by atoms with Gasteiger partial charge >= 0.3 is 0 Å². The first-order valence-corrected chi connectivity index (χ1v) is 9.32. The minimum absolute atomic E-state index is 0. The molecule has 27 heavy (non-hydrogen) atoms. The summed E-state index contributed by atoms with van der Waals surface area (Å²) in [4.78, 5) is 14.8. The molecule has 1 unspecified atom stereocenters. The Morgan fingerprint density at radius 1 is 1.19 bits per heavy atom. The number of halogens is 1. The third kappa shape index (κ3) is 6.55. The number of carbonyl (C=O) groups is 1. The van der Waals surface area contributed by atoms with Crippen molar-refractivity contribution in [2.75, 3.05) is 52.5 Å². The Labute approximate surface area is 168 Å². The van der Waals surface area contributed by atoms with Crippen LogP contribution in [-0.2, 0) is 9.53 Å². The minimum atomic E-state index is 0. The first-order chi connectivity index (χ1) is 12.6. The highest BCUT2D eigenvalue weighted by Gasteiger charge is 2.25. The Balaban J connectivity index is 0.00000364. The van der Waals surface area contributed by atoms with Gasteiger partial charge in [0.05, 0.1) is 20.8 Å². The highest BCUT2D eigenvalue weighted by molar-refractivity contribution is 5.93. The summed E-state index contributed by atoms with van der Waals surface area (Å²) in [6.45, 7) is 5.29. The maximum Gasteiger partial charge on any atom is 0.227 e. The fourth-order valence-corrected chi connectivity index (χ4v) is 3.54. The van der Waals surface area contributed by atoms with Crippen LogP contribution < -0.4 is 19.7 Å². The molecule has 1 N–H and O–H groups in total. The maximum absolute atomic E-state index is 13.0. The largest absolute Gasteiger partial charge is 0.493 e. The van der Waals surface area contributed by atoms with Crippen molar-refractivity contribution in [2.24, 2.45) is 11.8 Å². The lowest BCUT2D eigenvalue weighted by atomic mass is 9.84. The van der Waals surface area contributed by atoms with Crippen LogP contribution in [0.15, 0.2) is 18.2 Å². The molecule has 1 aromatic rings. The van der Waals surface area contributed by atoms with Gasteiger partial charge in [0.25, 0.3) is 0 Å². The number of rotatable bonds is 9. The van der Waals surface area contributed by atoms with E-state index in [1.165, 1.54) is 0 Å². The predicted octanol–water partition coefficient (Wildman–Crippen LogP) is 3.13. The van der Waals surface area contributed by atoms with E-state index in [0.29, 0.717) is 42.9 Å². The van der Waals surface area contributed by atoms with Crippen LogP contribution in [-0.4, -0.2) is 53.5 Å². The van der Waals surface area contributed by atoms with E-state index < -0.39 is 0 Å². The Hall–Kier alpha value is -1.50. The topological polar surface area (TPSA) is 60.0 Å². The molecule has 1 amide bonds. The molecule has 1 atom stereocenters. The molecule has 0 aliphatic carbocycles. The van der Waals surface area contributed by atoms with Gasteiger partial charge in [-0.15, -0.1) is 12.4 Å². The summed E-state index contributed by atoms with van der Waals surface area (Å²) in [5, 5.41) is 3.39. The summed E-state index contributed by atoms with van der Waals surface area (Å²) < 4.78 is 15.9. The predicted molar refractivity (Wildman–Crippen MR) is 110 cm³/mol. The summed E-state index contributed by atoms with van der Waals surface area (Å²) >= 11 is 0. The lowest BCUT2D eigenvalue weighted by molar-refractivity contribution is -0.120. The minimum Gasteiger partial charge on any atom is -0.493 e. The molecule has 1 aliphatic heterocycles. The molecule has 1 aliphatic rings. The quantitative estimate of drug-likeness (QED) is 0.690. The van der Waals surface area contributed by atoms with Crippen molar-refractivity contribution in [3.63, 3.8) is 0 Å². The van der Waals surface area contributed by atoms with Gasteiger partial charge in [-0.05, 0) is 49.9 Å². The van der Waals surface area contributed by atoms with Crippen LogP contribution in [0.25, 0.3) is 0 Å². The van der Waals surface area contributed by atoms with E-state index in [-0.39, 0.29) is 18.3 Å². The van der Waals surface area contributed by atoms with Crippen molar-refractivity contribution < 1.29 is 19.0 Å². The van der Waals surface area contributed by atoms with Gasteiger partial charge in [0, 0.05) is 31.8 Å². The number of hydrogen-bond donors (Lipinski definition) is 1. The van der Waals surface area contributed by atoms with Crippen molar-refractivity contribution in [3.05, 3.63) is 18.2 Å². The number of anilines is 1. The van der Waals surface area contributed by atoms with Gasteiger partial charge in [0.1, 0.15) is 0 Å². The van der Waals surface area contributed by atoms with Crippen molar-refractivity contribution in [2.45, 2.75) is 26.2 Å². The molecule has 7 heteroatoms. The van der Waals surface area contributed by atoms with Crippen molar-refractivity contribution in [1.82, 2.24) is 5.32 Å². The average molecular weight is 401 g/mol. The van der Waals surface area contributed by atoms with Gasteiger partial charge in [-0.25, -0.2) is 0 Å². The molecule has 1 heterocycles. The van der Waals surface area contributed by atoms with Crippen LogP contribution in [0, 0.1) is 11.8 Å². The number of benzene rings is 1. The van der Waals surface area contributed by atoms with Gasteiger partial charge in [0.2, 0.25) is 5.91 Å². The molecule has 0 spiro atoms. The molecule has 0 aromatic heterocycles. The first-order valence-electron chi connectivity index (χ1n) is 9.32. The normalized spacial score (nSPS) is 15.6. The number of carbonyl (C=O) groups excluding carboxylic acids is 1. The lowest BCUT2D eigenvalue weighted by Crippen LogP contribution is -2.37. The van der Waals surface area contributed by atoms with Gasteiger partial charge in [-0.1, -0.05) is 6.92 Å². The van der Waals surface area contributed by atoms with Crippen LogP contribution in [0.4, 0.5) is 5.69 Å². The highest BCUT2D eigenvalue weighted by atomic mass is 35.5. The Morgan fingerprint density at radius 2 is 1.85 bits per heavy atom. The Bertz CT molecular complexity index is 579. The first kappa shape index (κ1) is 23.5. The van der Waals surface area contributed by atoms with E-state index >= 15 is 0 Å². The number of amides is 1. The molecule has 0 bridgehead atoms. The zero-order valence-electron chi connectivity index (χ0n) is 16.8. The Morgan fingerprint density at radius 3 is 2.44 bits per heavy atom. The second kappa shape index (κ2) is 12.1. The van der Waals surface area contributed by atoms with Crippen LogP contribution in [0.1, 0.15) is 26.2 Å². The number of ether oxygens (including phenoxy) is 3. The summed E-state index contributed by atoms with van der Waals surface area (Å²) in [7, 11) is 4.85. The third-order valence-electron chi connectivity index (χ3n) is 5.18. The Kier molecular flexibility index (Phi) is 10.5. The number of nitrogens with one attached hydrogen (secondary N) is 1. The molecule has 1 saturated heterocycles. The molecule has 0 radical (unpaired) electrons. The molecular formula is C20H33ClN2O4. The fraction of sp³-hybridized carbons (Fsp3) is 0.650. The van der Waals surface area contributed by atoms with Gasteiger partial charge < -0.3 is 24.4 Å². The third-order valence-corrected chi connectivity index (χ3v) is 5.18. The summed E-state index contributed by atoms with van der Waals surface area (Å²) in [5.41, 5.74) is 0.808. The second-order valence-electron chi connectivity index (χ2n) is 6.85. The molecule has 2 rings (SSSR count). The second-order valence-corrected chi connectivity index (χ2v) is 6.85. The molecule has 0 saturated carbocycles. The van der Waals surface area contributed by atoms with Crippen molar-refractivity contribution in [3.8, 4) is 11.5 Å². The van der Waals surface area contributed by atoms with Crippen LogP contribution in [0.3, 0.4) is 0 Å². The average Bonchev–Trinajstić information content (AvgIpc) is 2.68. The van der Waals surface area contributed by atoms with Crippen molar-refractivity contribution >= 4 is 24.0 Å². The number of methoxy groups -OCH3 is 3. The van der Waals surface area contributed by atoms with Gasteiger partial charge in [0.15, 0.2) is 11.5 Å². The zero-order valence-corrected chi connectivity index (χ0v) is 17.6. The molecular weight excluding hydrogens is 368 g/mol. The van der Waals surface area contributed by atoms with E-state index in [1.807, 2.05) is 18.2 Å². The maximum atomic E-state index is 13.0. The smallest absolute Gasteiger partial charge is 0.227 e. The lowest BCUT2D eigenvalue weighted by Gasteiger charge is -2.30. The van der Waals surface area contributed by atoms with E-state index in [0.717, 1.165) is 31.6 Å². The number of hydrogen-bond acceptors (Lipinski definition) is 5. The molecule has 1 fully saturated rings. The van der Waals surface area contributed by atoms with Gasteiger partial charge in [-0.2, -0.15) is 0 Å². The monoisotopic (exact) mass is 400 g/mol. The zero-order chi connectivity index (χ0) is 18.9. The van der Waals surface area contributed by atoms with Crippen LogP contribution >= 0.6 is 12.4 Å². The molecule has 1 aromatic carbocycles. The number of nitrogens with zero attached hydrogens (tertiary/aromatic N) is 1. The van der Waals surface area contributed by atoms with E-state index in [4.69, 9.17) is 14.2 Å². The van der Waals surface area contributed by atoms with Crippen LogP contribution in [0.2, 0.25) is 0 Å². The van der Waals surface area contributed by atoms with E-state index in [9.17, 15) is 4.79 Å². The number of piperidine rings is 1. The highest BCUT2D eigenvalue weighted by Crippen LogP contribution is 2.32.